The molecule has 0 aliphatic carbocycles. The number of carbonyl (C=O) groups is 3. The van der Waals surface area contributed by atoms with E-state index >= 15 is 0 Å². The van der Waals surface area contributed by atoms with Crippen LogP contribution in [0.5, 0.6) is 5.75 Å². The van der Waals surface area contributed by atoms with Crippen LogP contribution < -0.4 is 15.4 Å². The lowest BCUT2D eigenvalue weighted by molar-refractivity contribution is -0.137. The van der Waals surface area contributed by atoms with Gasteiger partial charge in [0.25, 0.3) is 5.24 Å². The average Bonchev–Trinajstić information content (AvgIpc) is 3.06. The SMILES string of the molecule is COC(CNC(=O)Oc1ccc(CC2NC(=O)SC2=O)cc1)c1cccc(C(F)(F)F)c1. The van der Waals surface area contributed by atoms with Gasteiger partial charge in [-0.25, -0.2) is 4.79 Å². The Morgan fingerprint density at radius 1 is 1.19 bits per heavy atom. The number of halogens is 3. The standard InChI is InChI=1S/C21H19F3N2O5S/c1-30-17(13-3-2-4-14(10-13)21(22,23)24)11-25-19(28)31-15-7-5-12(6-8-15)9-16-18(27)32-20(29)26-16/h2-8,10,16-17H,9,11H2,1H3,(H,25,28)(H,26,29). The lowest BCUT2D eigenvalue weighted by Crippen LogP contribution is -2.31. The molecule has 3 rings (SSSR count). The van der Waals surface area contributed by atoms with E-state index in [9.17, 15) is 27.6 Å². The highest BCUT2D eigenvalue weighted by Crippen LogP contribution is 2.31. The molecule has 0 radical (unpaired) electrons. The van der Waals surface area contributed by atoms with Gasteiger partial charge in [0.15, 0.2) is 0 Å². The number of nitrogens with one attached hydrogen (secondary N) is 2. The van der Waals surface area contributed by atoms with Crippen molar-refractivity contribution in [3.63, 3.8) is 0 Å². The molecule has 0 spiro atoms. The highest BCUT2D eigenvalue weighted by molar-refractivity contribution is 8.26. The lowest BCUT2D eigenvalue weighted by Gasteiger charge is -2.18. The van der Waals surface area contributed by atoms with Crippen molar-refractivity contribution < 1.29 is 37.0 Å². The maximum Gasteiger partial charge on any atom is 0.416 e. The minimum Gasteiger partial charge on any atom is -0.410 e. The Morgan fingerprint density at radius 2 is 1.91 bits per heavy atom. The van der Waals surface area contributed by atoms with Crippen molar-refractivity contribution in [3.05, 3.63) is 65.2 Å². The topological polar surface area (TPSA) is 93.7 Å². The largest absolute Gasteiger partial charge is 0.416 e. The molecule has 32 heavy (non-hydrogen) atoms. The second-order valence-electron chi connectivity index (χ2n) is 6.87. The summed E-state index contributed by atoms with van der Waals surface area (Å²) in [5, 5.41) is 4.40. The third-order valence-corrected chi connectivity index (χ3v) is 5.43. The van der Waals surface area contributed by atoms with Crippen LogP contribution in [0.3, 0.4) is 0 Å². The number of methoxy groups -OCH3 is 1. The van der Waals surface area contributed by atoms with E-state index in [2.05, 4.69) is 10.6 Å². The van der Waals surface area contributed by atoms with Crippen molar-refractivity contribution in [1.29, 1.82) is 0 Å². The number of rotatable bonds is 7. The highest BCUT2D eigenvalue weighted by atomic mass is 32.2. The van der Waals surface area contributed by atoms with E-state index in [-0.39, 0.29) is 28.2 Å². The molecule has 1 heterocycles. The Bertz CT molecular complexity index is 998. The molecule has 2 aromatic rings. The molecule has 2 aromatic carbocycles. The predicted octanol–water partition coefficient (Wildman–Crippen LogP) is 4.08. The van der Waals surface area contributed by atoms with E-state index in [4.69, 9.17) is 9.47 Å². The first-order chi connectivity index (χ1) is 15.2. The summed E-state index contributed by atoms with van der Waals surface area (Å²) in [5.74, 6) is 0.232. The monoisotopic (exact) mass is 468 g/mol. The summed E-state index contributed by atoms with van der Waals surface area (Å²) in [5.41, 5.74) is 0.221. The number of benzene rings is 2. The molecule has 0 aromatic heterocycles. The van der Waals surface area contributed by atoms with Gasteiger partial charge in [0, 0.05) is 25.3 Å². The normalized spacial score (nSPS) is 17.1. The van der Waals surface area contributed by atoms with Crippen LogP contribution in [0.15, 0.2) is 48.5 Å². The van der Waals surface area contributed by atoms with Crippen LogP contribution in [0.2, 0.25) is 0 Å². The number of hydrogen-bond donors (Lipinski definition) is 2. The van der Waals surface area contributed by atoms with Gasteiger partial charge in [-0.3, -0.25) is 9.59 Å². The molecule has 7 nitrogen and oxygen atoms in total. The first-order valence-corrected chi connectivity index (χ1v) is 10.2. The van der Waals surface area contributed by atoms with Crippen molar-refractivity contribution in [2.75, 3.05) is 13.7 Å². The van der Waals surface area contributed by atoms with E-state index in [0.717, 1.165) is 17.7 Å². The number of alkyl halides is 3. The third kappa shape index (κ3) is 6.24. The van der Waals surface area contributed by atoms with Crippen LogP contribution in [0.1, 0.15) is 22.8 Å². The average molecular weight is 468 g/mol. The van der Waals surface area contributed by atoms with Crippen LogP contribution in [-0.2, 0) is 22.1 Å². The van der Waals surface area contributed by atoms with Crippen molar-refractivity contribution in [3.8, 4) is 5.75 Å². The van der Waals surface area contributed by atoms with Gasteiger partial charge in [-0.15, -0.1) is 0 Å². The first kappa shape index (κ1) is 23.6. The minimum atomic E-state index is -4.48. The number of carbonyl (C=O) groups excluding carboxylic acids is 3. The Hall–Kier alpha value is -3.05. The lowest BCUT2D eigenvalue weighted by atomic mass is 10.1. The summed E-state index contributed by atoms with van der Waals surface area (Å²) in [4.78, 5) is 34.9. The molecule has 0 bridgehead atoms. The van der Waals surface area contributed by atoms with Crippen LogP contribution in [0.4, 0.5) is 22.8 Å². The summed E-state index contributed by atoms with van der Waals surface area (Å²) in [6, 6.07) is 10.5. The Labute approximate surface area is 185 Å². The van der Waals surface area contributed by atoms with Gasteiger partial charge >= 0.3 is 12.3 Å². The fraction of sp³-hybridized carbons (Fsp3) is 0.286. The van der Waals surface area contributed by atoms with Gasteiger partial charge in [0.1, 0.15) is 11.8 Å². The highest BCUT2D eigenvalue weighted by Gasteiger charge is 2.32. The van der Waals surface area contributed by atoms with Gasteiger partial charge in [-0.05, 0) is 35.4 Å². The Morgan fingerprint density at radius 3 is 2.50 bits per heavy atom. The molecule has 1 fully saturated rings. The summed E-state index contributed by atoms with van der Waals surface area (Å²) in [6.45, 7) is -0.101. The molecular weight excluding hydrogens is 449 g/mol. The van der Waals surface area contributed by atoms with E-state index < -0.39 is 30.0 Å². The van der Waals surface area contributed by atoms with Crippen molar-refractivity contribution >= 4 is 28.2 Å². The van der Waals surface area contributed by atoms with Crippen LogP contribution in [0.25, 0.3) is 0 Å². The third-order valence-electron chi connectivity index (χ3n) is 4.65. The molecule has 170 valence electrons. The molecule has 1 saturated heterocycles. The summed E-state index contributed by atoms with van der Waals surface area (Å²) in [7, 11) is 1.33. The van der Waals surface area contributed by atoms with Gasteiger partial charge in [-0.2, -0.15) is 13.2 Å². The van der Waals surface area contributed by atoms with Crippen LogP contribution >= 0.6 is 11.8 Å². The molecule has 2 unspecified atom stereocenters. The quantitative estimate of drug-likeness (QED) is 0.636. The fourth-order valence-electron chi connectivity index (χ4n) is 3.03. The smallest absolute Gasteiger partial charge is 0.410 e. The van der Waals surface area contributed by atoms with E-state index in [1.54, 1.807) is 12.1 Å². The maximum atomic E-state index is 12.9. The number of ether oxygens (including phenoxy) is 2. The van der Waals surface area contributed by atoms with Crippen molar-refractivity contribution in [1.82, 2.24) is 10.6 Å². The van der Waals surface area contributed by atoms with Gasteiger partial charge < -0.3 is 20.1 Å². The molecule has 2 atom stereocenters. The molecular formula is C21H19F3N2O5S. The molecule has 1 aliphatic heterocycles. The van der Waals surface area contributed by atoms with Gasteiger partial charge in [0.2, 0.25) is 5.12 Å². The van der Waals surface area contributed by atoms with Crippen LogP contribution in [0, 0.1) is 0 Å². The summed E-state index contributed by atoms with van der Waals surface area (Å²) >= 11 is 0.637. The zero-order valence-electron chi connectivity index (χ0n) is 16.8. The zero-order chi connectivity index (χ0) is 23.3. The number of thioether (sulfide) groups is 1. The van der Waals surface area contributed by atoms with Gasteiger partial charge in [-0.1, -0.05) is 24.3 Å². The second kappa shape index (κ2) is 10.0. The first-order valence-electron chi connectivity index (χ1n) is 9.42. The fourth-order valence-corrected chi connectivity index (χ4v) is 3.70. The molecule has 2 N–H and O–H groups in total. The van der Waals surface area contributed by atoms with E-state index in [1.807, 2.05) is 0 Å². The van der Waals surface area contributed by atoms with Crippen molar-refractivity contribution in [2.45, 2.75) is 24.7 Å². The summed E-state index contributed by atoms with van der Waals surface area (Å²) < 4.78 is 49.1. The maximum absolute atomic E-state index is 12.9. The van der Waals surface area contributed by atoms with E-state index in [1.165, 1.54) is 31.4 Å². The van der Waals surface area contributed by atoms with Gasteiger partial charge in [0.05, 0.1) is 18.2 Å². The Kier molecular flexibility index (Phi) is 7.41. The second-order valence-corrected chi connectivity index (χ2v) is 7.85. The summed E-state index contributed by atoms with van der Waals surface area (Å²) in [6.07, 6.45) is -5.77. The Balaban J connectivity index is 1.53. The minimum absolute atomic E-state index is 0.101. The number of hydrogen-bond acceptors (Lipinski definition) is 6. The zero-order valence-corrected chi connectivity index (χ0v) is 17.6. The predicted molar refractivity (Wildman–Crippen MR) is 110 cm³/mol. The molecule has 1 aliphatic rings. The molecule has 2 amide bonds. The molecule has 0 saturated carbocycles. The van der Waals surface area contributed by atoms with Crippen LogP contribution in [-0.4, -0.2) is 36.1 Å². The molecule has 11 heteroatoms. The number of amides is 2. The van der Waals surface area contributed by atoms with Crippen molar-refractivity contribution in [2.24, 2.45) is 0 Å². The van der Waals surface area contributed by atoms with E-state index in [0.29, 0.717) is 18.2 Å².